The first-order valence-corrected chi connectivity index (χ1v) is 12.4. The molecule has 1 atom stereocenters. The number of benzene rings is 1. The van der Waals surface area contributed by atoms with Gasteiger partial charge < -0.3 is 9.64 Å². The number of likely N-dealkylation sites (tertiary alicyclic amines) is 1. The van der Waals surface area contributed by atoms with Crippen LogP contribution in [0.5, 0.6) is 5.75 Å². The maximum absolute atomic E-state index is 14.6. The summed E-state index contributed by atoms with van der Waals surface area (Å²) < 4.78 is 57.7. The monoisotopic (exact) mass is 442 g/mol. The number of hydrogen-bond donors (Lipinski definition) is 1. The Labute approximate surface area is 178 Å². The van der Waals surface area contributed by atoms with Gasteiger partial charge >= 0.3 is 0 Å². The van der Waals surface area contributed by atoms with Crippen LogP contribution in [0, 0.1) is 11.7 Å². The summed E-state index contributed by atoms with van der Waals surface area (Å²) in [5.74, 6) is 0.0883. The second kappa shape index (κ2) is 9.32. The van der Waals surface area contributed by atoms with E-state index in [-0.39, 0.29) is 5.75 Å². The number of halogens is 2. The van der Waals surface area contributed by atoms with E-state index in [2.05, 4.69) is 10.2 Å². The van der Waals surface area contributed by atoms with Crippen LogP contribution in [-0.2, 0) is 9.84 Å². The largest absolute Gasteiger partial charge is 0.490 e. The van der Waals surface area contributed by atoms with Gasteiger partial charge in [0, 0.05) is 25.8 Å². The lowest BCUT2D eigenvalue weighted by molar-refractivity contribution is 0.0830. The van der Waals surface area contributed by atoms with Crippen LogP contribution in [0.4, 0.5) is 8.78 Å². The normalized spacial score (nSPS) is 22.0. The Morgan fingerprint density at radius 3 is 2.57 bits per heavy atom. The lowest BCUT2D eigenvalue weighted by Gasteiger charge is -2.34. The van der Waals surface area contributed by atoms with Crippen LogP contribution in [0.1, 0.15) is 38.7 Å². The molecule has 0 aromatic heterocycles. The summed E-state index contributed by atoms with van der Waals surface area (Å²) in [6.07, 6.45) is 5.22. The highest BCUT2D eigenvalue weighted by atomic mass is 32.2. The maximum Gasteiger partial charge on any atom is 0.165 e. The van der Waals surface area contributed by atoms with Crippen LogP contribution >= 0.6 is 0 Å². The number of piperidine rings is 1. The quantitative estimate of drug-likeness (QED) is 0.701. The number of hydrogen-bond acceptors (Lipinski definition) is 5. The molecule has 2 aliphatic rings. The van der Waals surface area contributed by atoms with Gasteiger partial charge in [-0.25, -0.2) is 17.2 Å². The van der Waals surface area contributed by atoms with Crippen LogP contribution in [-0.4, -0.2) is 63.4 Å². The second-order valence-corrected chi connectivity index (χ2v) is 11.3. The van der Waals surface area contributed by atoms with Crippen LogP contribution in [0.15, 0.2) is 24.3 Å². The van der Waals surface area contributed by atoms with Crippen LogP contribution < -0.4 is 10.1 Å². The smallest absolute Gasteiger partial charge is 0.165 e. The van der Waals surface area contributed by atoms with Gasteiger partial charge in [-0.05, 0) is 69.0 Å². The molecule has 1 fully saturated rings. The predicted molar refractivity (Wildman–Crippen MR) is 115 cm³/mol. The summed E-state index contributed by atoms with van der Waals surface area (Å²) in [5.41, 5.74) is 0.300. The third-order valence-electron chi connectivity index (χ3n) is 5.70. The summed E-state index contributed by atoms with van der Waals surface area (Å²) in [4.78, 5) is 2.13. The fourth-order valence-electron chi connectivity index (χ4n) is 4.08. The highest BCUT2D eigenvalue weighted by molar-refractivity contribution is 7.91. The maximum atomic E-state index is 14.6. The molecule has 0 saturated carbocycles. The van der Waals surface area contributed by atoms with Crippen LogP contribution in [0.25, 0.3) is 5.57 Å². The summed E-state index contributed by atoms with van der Waals surface area (Å²) in [7, 11) is -3.22. The molecule has 30 heavy (non-hydrogen) atoms. The predicted octanol–water partition coefficient (Wildman–Crippen LogP) is 3.41. The van der Waals surface area contributed by atoms with Gasteiger partial charge in [0.2, 0.25) is 0 Å². The molecule has 0 amide bonds. The topological polar surface area (TPSA) is 58.6 Å². The van der Waals surface area contributed by atoms with Crippen molar-refractivity contribution in [3.05, 3.63) is 35.7 Å². The molecule has 1 unspecified atom stereocenters. The Morgan fingerprint density at radius 1 is 1.27 bits per heavy atom. The van der Waals surface area contributed by atoms with E-state index in [9.17, 15) is 17.2 Å². The third-order valence-corrected chi connectivity index (χ3v) is 7.07. The van der Waals surface area contributed by atoms with Crippen molar-refractivity contribution in [1.29, 1.82) is 0 Å². The molecule has 0 radical (unpaired) electrons. The molecule has 8 heteroatoms. The zero-order valence-electron chi connectivity index (χ0n) is 18.0. The highest BCUT2D eigenvalue weighted by Crippen LogP contribution is 2.29. The molecular formula is C22H32F2N2O3S. The first kappa shape index (κ1) is 23.2. The van der Waals surface area contributed by atoms with Gasteiger partial charge in [0.25, 0.3) is 0 Å². The highest BCUT2D eigenvalue weighted by Gasteiger charge is 2.26. The van der Waals surface area contributed by atoms with Gasteiger partial charge in [-0.3, -0.25) is 5.32 Å². The zero-order chi connectivity index (χ0) is 21.9. The van der Waals surface area contributed by atoms with Gasteiger partial charge in [0.05, 0.1) is 6.61 Å². The number of rotatable bonds is 7. The summed E-state index contributed by atoms with van der Waals surface area (Å²) >= 11 is 0. The van der Waals surface area contributed by atoms with E-state index >= 15 is 0 Å². The molecule has 2 heterocycles. The minimum absolute atomic E-state index is 0.209. The second-order valence-electron chi connectivity index (χ2n) is 9.05. The van der Waals surface area contributed by atoms with Crippen LogP contribution in [0.2, 0.25) is 0 Å². The number of nitrogens with one attached hydrogen (secondary N) is 1. The number of ether oxygens (including phenoxy) is 1. The molecule has 0 bridgehead atoms. The van der Waals surface area contributed by atoms with Crippen LogP contribution in [0.3, 0.4) is 0 Å². The molecule has 3 rings (SSSR count). The summed E-state index contributed by atoms with van der Waals surface area (Å²) in [6, 6.07) is 4.81. The van der Waals surface area contributed by atoms with Crippen molar-refractivity contribution in [3.63, 3.8) is 0 Å². The average Bonchev–Trinajstić information content (AvgIpc) is 2.66. The fourth-order valence-corrected chi connectivity index (χ4v) is 4.96. The van der Waals surface area contributed by atoms with Crippen molar-refractivity contribution in [2.75, 3.05) is 39.0 Å². The van der Waals surface area contributed by atoms with Crippen molar-refractivity contribution in [2.24, 2.45) is 5.92 Å². The molecule has 1 N–H and O–H groups in total. The van der Waals surface area contributed by atoms with E-state index in [1.807, 2.05) is 6.08 Å². The Morgan fingerprint density at radius 2 is 1.97 bits per heavy atom. The van der Waals surface area contributed by atoms with Gasteiger partial charge in [0.1, 0.15) is 11.0 Å². The first-order chi connectivity index (χ1) is 14.0. The third kappa shape index (κ3) is 6.49. The number of alkyl halides is 1. The standard InChI is InChI=1S/C22H32F2N2O3S/c1-22(2,24)15-26-10-7-16(8-11-26)14-29-20-5-4-17(12-19(20)23)18-6-9-25-21(13-18)30(3,27)28/h4-6,12,16,21,25H,7-11,13-15H2,1-3H3. The molecule has 1 aromatic rings. The molecule has 0 aliphatic carbocycles. The van der Waals surface area contributed by atoms with Gasteiger partial charge in [-0.15, -0.1) is 0 Å². The Balaban J connectivity index is 1.54. The molecule has 0 spiro atoms. The van der Waals surface area contributed by atoms with Crippen molar-refractivity contribution in [2.45, 2.75) is 44.2 Å². The summed E-state index contributed by atoms with van der Waals surface area (Å²) in [5, 5.41) is 2.30. The van der Waals surface area contributed by atoms with Gasteiger partial charge in [-0.2, -0.15) is 0 Å². The van der Waals surface area contributed by atoms with E-state index in [1.54, 1.807) is 26.0 Å². The summed E-state index contributed by atoms with van der Waals surface area (Å²) in [6.45, 7) is 6.14. The van der Waals surface area contributed by atoms with Crippen molar-refractivity contribution < 1.29 is 21.9 Å². The average molecular weight is 443 g/mol. The van der Waals surface area contributed by atoms with Crippen molar-refractivity contribution in [3.8, 4) is 5.75 Å². The van der Waals surface area contributed by atoms with E-state index in [0.29, 0.717) is 37.6 Å². The number of nitrogens with zero attached hydrogens (tertiary/aromatic N) is 1. The molecule has 5 nitrogen and oxygen atoms in total. The molecule has 2 aliphatic heterocycles. The lowest BCUT2D eigenvalue weighted by Crippen LogP contribution is -2.41. The van der Waals surface area contributed by atoms with E-state index in [1.165, 1.54) is 12.3 Å². The molecule has 1 saturated heterocycles. The fraction of sp³-hybridized carbons (Fsp3) is 0.636. The SMILES string of the molecule is CC(C)(F)CN1CCC(COc2ccc(C3=CCNC(S(C)(=O)=O)C3)cc2F)CC1. The minimum atomic E-state index is -3.22. The Hall–Kier alpha value is -1.51. The number of sulfone groups is 1. The van der Waals surface area contributed by atoms with Gasteiger partial charge in [0.15, 0.2) is 21.4 Å². The molecular weight excluding hydrogens is 410 g/mol. The van der Waals surface area contributed by atoms with E-state index in [4.69, 9.17) is 4.74 Å². The van der Waals surface area contributed by atoms with Crippen molar-refractivity contribution >= 4 is 15.4 Å². The van der Waals surface area contributed by atoms with E-state index < -0.39 is 26.7 Å². The Kier molecular flexibility index (Phi) is 7.20. The van der Waals surface area contributed by atoms with Gasteiger partial charge in [-0.1, -0.05) is 12.1 Å². The zero-order valence-corrected chi connectivity index (χ0v) is 18.8. The van der Waals surface area contributed by atoms with E-state index in [0.717, 1.165) is 31.5 Å². The molecule has 168 valence electrons. The Bertz CT molecular complexity index is 873. The minimum Gasteiger partial charge on any atom is -0.490 e. The van der Waals surface area contributed by atoms with Crippen molar-refractivity contribution in [1.82, 2.24) is 10.2 Å². The first-order valence-electron chi connectivity index (χ1n) is 10.5. The lowest BCUT2D eigenvalue weighted by atomic mass is 9.96. The molecule has 1 aromatic carbocycles.